The van der Waals surface area contributed by atoms with E-state index in [1.165, 1.54) is 4.90 Å². The zero-order chi connectivity index (χ0) is 15.3. The third kappa shape index (κ3) is 3.76. The Morgan fingerprint density at radius 2 is 2.05 bits per heavy atom. The van der Waals surface area contributed by atoms with Crippen molar-refractivity contribution >= 4 is 17.6 Å². The molecule has 6 nitrogen and oxygen atoms in total. The van der Waals surface area contributed by atoms with Crippen molar-refractivity contribution < 1.29 is 14.3 Å². The standard InChI is InChI=1S/C14H23N3O3/c1-5-16(9-13(18)20-6-2)14(19)12-7-11(15)8-17(12)10(3)4/h7-8,10H,5-6,9,15H2,1-4H3. The Balaban J connectivity index is 2.94. The molecule has 1 aromatic heterocycles. The predicted molar refractivity (Wildman–Crippen MR) is 77.4 cm³/mol. The molecule has 1 amide bonds. The molecule has 1 heterocycles. The van der Waals surface area contributed by atoms with E-state index in [1.54, 1.807) is 19.2 Å². The van der Waals surface area contributed by atoms with Gasteiger partial charge in [0.25, 0.3) is 5.91 Å². The van der Waals surface area contributed by atoms with Crippen LogP contribution in [0.5, 0.6) is 0 Å². The number of hydrogen-bond acceptors (Lipinski definition) is 4. The summed E-state index contributed by atoms with van der Waals surface area (Å²) in [5.74, 6) is -0.621. The molecule has 0 aliphatic heterocycles. The molecule has 6 heteroatoms. The molecule has 0 fully saturated rings. The number of carbonyl (C=O) groups is 2. The van der Waals surface area contributed by atoms with E-state index >= 15 is 0 Å². The summed E-state index contributed by atoms with van der Waals surface area (Å²) in [7, 11) is 0. The molecule has 0 spiro atoms. The average Bonchev–Trinajstić information content (AvgIpc) is 2.78. The lowest BCUT2D eigenvalue weighted by Gasteiger charge is -2.21. The molecular weight excluding hydrogens is 258 g/mol. The molecule has 0 bridgehead atoms. The molecule has 0 aliphatic carbocycles. The number of nitrogens with two attached hydrogens (primary N) is 1. The van der Waals surface area contributed by atoms with Crippen LogP contribution in [0.1, 0.15) is 44.2 Å². The second kappa shape index (κ2) is 6.98. The fourth-order valence-electron chi connectivity index (χ4n) is 1.95. The molecule has 0 atom stereocenters. The van der Waals surface area contributed by atoms with Gasteiger partial charge >= 0.3 is 5.97 Å². The highest BCUT2D eigenvalue weighted by Crippen LogP contribution is 2.18. The molecule has 0 saturated heterocycles. The molecule has 1 rings (SSSR count). The van der Waals surface area contributed by atoms with Gasteiger partial charge in [0.15, 0.2) is 0 Å². The van der Waals surface area contributed by atoms with Gasteiger partial charge in [0.2, 0.25) is 0 Å². The lowest BCUT2D eigenvalue weighted by Crippen LogP contribution is -2.37. The Labute approximate surface area is 119 Å². The van der Waals surface area contributed by atoms with Crippen molar-refractivity contribution in [1.82, 2.24) is 9.47 Å². The molecule has 0 aromatic carbocycles. The SMILES string of the molecule is CCOC(=O)CN(CC)C(=O)c1cc(N)cn1C(C)C. The zero-order valence-corrected chi connectivity index (χ0v) is 12.5. The highest BCUT2D eigenvalue weighted by Gasteiger charge is 2.22. The second-order valence-corrected chi connectivity index (χ2v) is 4.78. The number of nitrogen functional groups attached to an aromatic ring is 1. The van der Waals surface area contributed by atoms with Gasteiger partial charge in [-0.15, -0.1) is 0 Å². The maximum Gasteiger partial charge on any atom is 0.325 e. The summed E-state index contributed by atoms with van der Waals surface area (Å²) in [6.45, 7) is 8.19. The van der Waals surface area contributed by atoms with Crippen molar-refractivity contribution in [2.24, 2.45) is 0 Å². The highest BCUT2D eigenvalue weighted by atomic mass is 16.5. The number of aromatic nitrogens is 1. The first-order valence-corrected chi connectivity index (χ1v) is 6.82. The van der Waals surface area contributed by atoms with Gasteiger partial charge < -0.3 is 19.9 Å². The van der Waals surface area contributed by atoms with Gasteiger partial charge in [-0.05, 0) is 33.8 Å². The Morgan fingerprint density at radius 3 is 2.55 bits per heavy atom. The van der Waals surface area contributed by atoms with Crippen LogP contribution in [0.2, 0.25) is 0 Å². The topological polar surface area (TPSA) is 77.6 Å². The molecule has 20 heavy (non-hydrogen) atoms. The smallest absolute Gasteiger partial charge is 0.325 e. The number of hydrogen-bond donors (Lipinski definition) is 1. The number of nitrogens with zero attached hydrogens (tertiary/aromatic N) is 2. The Bertz CT molecular complexity index is 480. The maximum atomic E-state index is 12.5. The molecule has 1 aromatic rings. The first-order valence-electron chi connectivity index (χ1n) is 6.82. The minimum atomic E-state index is -0.404. The lowest BCUT2D eigenvalue weighted by molar-refractivity contribution is -0.143. The minimum absolute atomic E-state index is 0.0493. The molecule has 0 radical (unpaired) electrons. The number of anilines is 1. The fourth-order valence-corrected chi connectivity index (χ4v) is 1.95. The van der Waals surface area contributed by atoms with E-state index in [0.29, 0.717) is 24.5 Å². The van der Waals surface area contributed by atoms with E-state index in [-0.39, 0.29) is 18.5 Å². The van der Waals surface area contributed by atoms with Gasteiger partial charge in [-0.1, -0.05) is 0 Å². The van der Waals surface area contributed by atoms with E-state index in [4.69, 9.17) is 10.5 Å². The number of amides is 1. The lowest BCUT2D eigenvalue weighted by atomic mass is 10.3. The van der Waals surface area contributed by atoms with E-state index < -0.39 is 5.97 Å². The van der Waals surface area contributed by atoms with E-state index in [0.717, 1.165) is 0 Å². The predicted octanol–water partition coefficient (Wildman–Crippen LogP) is 1.68. The van der Waals surface area contributed by atoms with Gasteiger partial charge in [-0.2, -0.15) is 0 Å². The third-order valence-electron chi connectivity index (χ3n) is 2.94. The van der Waals surface area contributed by atoms with Crippen LogP contribution in [0.15, 0.2) is 12.3 Å². The van der Waals surface area contributed by atoms with Gasteiger partial charge in [0, 0.05) is 18.8 Å². The fraction of sp³-hybridized carbons (Fsp3) is 0.571. The Morgan fingerprint density at radius 1 is 1.40 bits per heavy atom. The van der Waals surface area contributed by atoms with Crippen molar-refractivity contribution in [3.05, 3.63) is 18.0 Å². The third-order valence-corrected chi connectivity index (χ3v) is 2.94. The number of carbonyl (C=O) groups excluding carboxylic acids is 2. The monoisotopic (exact) mass is 281 g/mol. The van der Waals surface area contributed by atoms with Crippen LogP contribution >= 0.6 is 0 Å². The van der Waals surface area contributed by atoms with Crippen LogP contribution in [-0.4, -0.2) is 41.0 Å². The van der Waals surface area contributed by atoms with Crippen LogP contribution in [0, 0.1) is 0 Å². The van der Waals surface area contributed by atoms with Crippen molar-refractivity contribution in [2.45, 2.75) is 33.7 Å². The summed E-state index contributed by atoms with van der Waals surface area (Å²) in [5.41, 5.74) is 6.79. The Hall–Kier alpha value is -1.98. The summed E-state index contributed by atoms with van der Waals surface area (Å²) in [6, 6.07) is 1.75. The first-order chi connectivity index (χ1) is 9.40. The van der Waals surface area contributed by atoms with Crippen molar-refractivity contribution in [2.75, 3.05) is 25.4 Å². The van der Waals surface area contributed by atoms with Crippen LogP contribution in [0.25, 0.3) is 0 Å². The van der Waals surface area contributed by atoms with Crippen molar-refractivity contribution in [3.8, 4) is 0 Å². The van der Waals surface area contributed by atoms with Crippen LogP contribution in [0.3, 0.4) is 0 Å². The number of ether oxygens (including phenoxy) is 1. The molecular formula is C14H23N3O3. The van der Waals surface area contributed by atoms with Gasteiger partial charge in [-0.3, -0.25) is 9.59 Å². The summed E-state index contributed by atoms with van der Waals surface area (Å²) in [5, 5.41) is 0. The molecule has 112 valence electrons. The van der Waals surface area contributed by atoms with Crippen molar-refractivity contribution in [3.63, 3.8) is 0 Å². The summed E-state index contributed by atoms with van der Waals surface area (Å²) in [4.78, 5) is 25.5. The first kappa shape index (κ1) is 16.1. The van der Waals surface area contributed by atoms with Crippen LogP contribution < -0.4 is 5.73 Å². The maximum absolute atomic E-state index is 12.5. The molecule has 0 unspecified atom stereocenters. The normalized spacial score (nSPS) is 10.7. The number of rotatable bonds is 6. The minimum Gasteiger partial charge on any atom is -0.465 e. The second-order valence-electron chi connectivity index (χ2n) is 4.78. The molecule has 2 N–H and O–H groups in total. The zero-order valence-electron chi connectivity index (χ0n) is 12.5. The van der Waals surface area contributed by atoms with Gasteiger partial charge in [-0.25, -0.2) is 0 Å². The van der Waals surface area contributed by atoms with E-state index in [1.807, 2.05) is 25.3 Å². The van der Waals surface area contributed by atoms with Gasteiger partial charge in [0.1, 0.15) is 12.2 Å². The number of esters is 1. The van der Waals surface area contributed by atoms with Crippen LogP contribution in [-0.2, 0) is 9.53 Å². The van der Waals surface area contributed by atoms with Crippen molar-refractivity contribution in [1.29, 1.82) is 0 Å². The van der Waals surface area contributed by atoms with E-state index in [2.05, 4.69) is 0 Å². The van der Waals surface area contributed by atoms with E-state index in [9.17, 15) is 9.59 Å². The average molecular weight is 281 g/mol. The Kier molecular flexibility index (Phi) is 5.61. The molecule has 0 aliphatic rings. The summed E-state index contributed by atoms with van der Waals surface area (Å²) < 4.78 is 6.69. The van der Waals surface area contributed by atoms with Crippen LogP contribution in [0.4, 0.5) is 5.69 Å². The summed E-state index contributed by atoms with van der Waals surface area (Å²) in [6.07, 6.45) is 1.73. The summed E-state index contributed by atoms with van der Waals surface area (Å²) >= 11 is 0. The van der Waals surface area contributed by atoms with Gasteiger partial charge in [0.05, 0.1) is 12.3 Å². The highest BCUT2D eigenvalue weighted by molar-refractivity contribution is 5.95. The number of likely N-dealkylation sites (N-methyl/N-ethyl adjacent to an activating group) is 1. The molecule has 0 saturated carbocycles. The quantitative estimate of drug-likeness (QED) is 0.805. The largest absolute Gasteiger partial charge is 0.465 e.